The molecular weight excluding hydrogens is 382 g/mol. The highest BCUT2D eigenvalue weighted by Gasteiger charge is 2.19. The number of hydrogen-bond acceptors (Lipinski definition) is 5. The lowest BCUT2D eigenvalue weighted by molar-refractivity contribution is 0.230. The molecule has 0 radical (unpaired) electrons. The molecule has 1 saturated heterocycles. The van der Waals surface area contributed by atoms with Gasteiger partial charge in [0, 0.05) is 17.5 Å². The maximum Gasteiger partial charge on any atom is 0.265 e. The Hall–Kier alpha value is -2.31. The van der Waals surface area contributed by atoms with Crippen LogP contribution in [0, 0.1) is 6.92 Å². The van der Waals surface area contributed by atoms with Crippen molar-refractivity contribution in [1.82, 2.24) is 14.5 Å². The Labute approximate surface area is 176 Å². The van der Waals surface area contributed by atoms with Crippen molar-refractivity contribution < 1.29 is 4.74 Å². The average molecular weight is 410 g/mol. The maximum atomic E-state index is 13.0. The fourth-order valence-electron chi connectivity index (χ4n) is 4.06. The number of aromatic nitrogens is 2. The quantitative estimate of drug-likeness (QED) is 0.489. The number of thiol groups is 1. The van der Waals surface area contributed by atoms with E-state index in [0.29, 0.717) is 29.4 Å². The summed E-state index contributed by atoms with van der Waals surface area (Å²) in [6.45, 7) is 7.14. The molecule has 6 heteroatoms. The molecule has 4 rings (SSSR count). The highest BCUT2D eigenvalue weighted by atomic mass is 32.1. The van der Waals surface area contributed by atoms with E-state index >= 15 is 0 Å². The summed E-state index contributed by atoms with van der Waals surface area (Å²) in [5.74, 6) is 1.48. The van der Waals surface area contributed by atoms with Crippen molar-refractivity contribution in [3.05, 3.63) is 58.6 Å². The van der Waals surface area contributed by atoms with Crippen molar-refractivity contribution >= 4 is 23.5 Å². The Bertz CT molecular complexity index is 1060. The van der Waals surface area contributed by atoms with E-state index in [0.717, 1.165) is 29.3 Å². The second-order valence-electron chi connectivity index (χ2n) is 7.72. The lowest BCUT2D eigenvalue weighted by atomic mass is 10.2. The van der Waals surface area contributed by atoms with E-state index in [9.17, 15) is 4.79 Å². The standard InChI is InChI=1S/C23H27N3O2S/c1-16-5-3-12-25(16)13-4-14-28-19-8-6-18(7-9-19)26-17(2)24-22-11-10-20(29)15-21(22)23(26)27/h6-11,15-16,29H,3-5,12-14H2,1-2H3/t16-/m0/s1. The summed E-state index contributed by atoms with van der Waals surface area (Å²) in [6.07, 6.45) is 3.63. The second-order valence-corrected chi connectivity index (χ2v) is 8.24. The van der Waals surface area contributed by atoms with E-state index in [4.69, 9.17) is 4.74 Å². The van der Waals surface area contributed by atoms with Crippen LogP contribution in [0.4, 0.5) is 0 Å². The summed E-state index contributed by atoms with van der Waals surface area (Å²) in [5, 5.41) is 0.569. The number of rotatable bonds is 6. The highest BCUT2D eigenvalue weighted by Crippen LogP contribution is 2.19. The highest BCUT2D eigenvalue weighted by molar-refractivity contribution is 7.80. The lowest BCUT2D eigenvalue weighted by Crippen LogP contribution is -2.28. The number of benzene rings is 2. The van der Waals surface area contributed by atoms with Gasteiger partial charge in [0.1, 0.15) is 11.6 Å². The Morgan fingerprint density at radius 1 is 1.21 bits per heavy atom. The number of hydrogen-bond donors (Lipinski definition) is 1. The first-order valence-corrected chi connectivity index (χ1v) is 10.7. The molecule has 1 atom stereocenters. The van der Waals surface area contributed by atoms with Crippen LogP contribution >= 0.6 is 12.6 Å². The van der Waals surface area contributed by atoms with Gasteiger partial charge in [-0.05, 0) is 82.1 Å². The summed E-state index contributed by atoms with van der Waals surface area (Å²) in [6, 6.07) is 13.8. The Balaban J connectivity index is 1.46. The molecule has 0 amide bonds. The molecule has 29 heavy (non-hydrogen) atoms. The number of ether oxygens (including phenoxy) is 1. The first-order valence-electron chi connectivity index (χ1n) is 10.2. The molecule has 0 bridgehead atoms. The van der Waals surface area contributed by atoms with Crippen LogP contribution in [0.5, 0.6) is 5.75 Å². The summed E-state index contributed by atoms with van der Waals surface area (Å²) in [7, 11) is 0. The summed E-state index contributed by atoms with van der Waals surface area (Å²) >= 11 is 4.35. The van der Waals surface area contributed by atoms with Gasteiger partial charge < -0.3 is 9.64 Å². The van der Waals surface area contributed by atoms with Crippen molar-refractivity contribution in [3.63, 3.8) is 0 Å². The molecule has 1 aromatic heterocycles. The van der Waals surface area contributed by atoms with E-state index in [1.807, 2.05) is 43.3 Å². The second kappa shape index (κ2) is 8.59. The monoisotopic (exact) mass is 409 g/mol. The van der Waals surface area contributed by atoms with Crippen molar-refractivity contribution in [1.29, 1.82) is 0 Å². The van der Waals surface area contributed by atoms with Gasteiger partial charge in [-0.3, -0.25) is 9.36 Å². The third-order valence-electron chi connectivity index (χ3n) is 5.66. The van der Waals surface area contributed by atoms with Crippen LogP contribution in [0.1, 0.15) is 32.0 Å². The van der Waals surface area contributed by atoms with Gasteiger partial charge in [0.25, 0.3) is 5.56 Å². The van der Waals surface area contributed by atoms with Gasteiger partial charge in [0.2, 0.25) is 0 Å². The smallest absolute Gasteiger partial charge is 0.265 e. The lowest BCUT2D eigenvalue weighted by Gasteiger charge is -2.20. The molecule has 1 aliphatic heterocycles. The largest absolute Gasteiger partial charge is 0.494 e. The zero-order valence-corrected chi connectivity index (χ0v) is 17.9. The van der Waals surface area contributed by atoms with Gasteiger partial charge in [-0.1, -0.05) is 0 Å². The molecule has 0 saturated carbocycles. The number of aryl methyl sites for hydroxylation is 1. The molecule has 3 aromatic rings. The first kappa shape index (κ1) is 20.0. The number of nitrogens with zero attached hydrogens (tertiary/aromatic N) is 3. The molecular formula is C23H27N3O2S. The normalized spacial score (nSPS) is 17.1. The predicted molar refractivity (Wildman–Crippen MR) is 120 cm³/mol. The minimum absolute atomic E-state index is 0.0863. The van der Waals surface area contributed by atoms with Gasteiger partial charge in [-0.2, -0.15) is 0 Å². The molecule has 0 aliphatic carbocycles. The summed E-state index contributed by atoms with van der Waals surface area (Å²) in [4.78, 5) is 20.9. The van der Waals surface area contributed by atoms with Gasteiger partial charge in [-0.25, -0.2) is 4.98 Å². The summed E-state index contributed by atoms with van der Waals surface area (Å²) in [5.41, 5.74) is 1.38. The topological polar surface area (TPSA) is 47.4 Å². The van der Waals surface area contributed by atoms with Crippen LogP contribution < -0.4 is 10.3 Å². The fourth-order valence-corrected chi connectivity index (χ4v) is 4.27. The van der Waals surface area contributed by atoms with Crippen molar-refractivity contribution in [3.8, 4) is 11.4 Å². The molecule has 1 aliphatic rings. The van der Waals surface area contributed by atoms with Gasteiger partial charge in [-0.15, -0.1) is 12.6 Å². The molecule has 1 fully saturated rings. The van der Waals surface area contributed by atoms with E-state index in [2.05, 4.69) is 29.4 Å². The van der Waals surface area contributed by atoms with Crippen LogP contribution in [-0.4, -0.2) is 40.2 Å². The van der Waals surface area contributed by atoms with Crippen LogP contribution in [0.15, 0.2) is 52.2 Å². The SMILES string of the molecule is Cc1nc2ccc(S)cc2c(=O)n1-c1ccc(OCCCN2CCC[C@@H]2C)cc1. The van der Waals surface area contributed by atoms with Gasteiger partial charge >= 0.3 is 0 Å². The molecule has 2 aromatic carbocycles. The van der Waals surface area contributed by atoms with Crippen molar-refractivity contribution in [2.75, 3.05) is 19.7 Å². The zero-order valence-electron chi connectivity index (χ0n) is 17.0. The van der Waals surface area contributed by atoms with Gasteiger partial charge in [0.15, 0.2) is 0 Å². The third-order valence-corrected chi connectivity index (χ3v) is 5.94. The van der Waals surface area contributed by atoms with Crippen LogP contribution in [0.2, 0.25) is 0 Å². The fraction of sp³-hybridized carbons (Fsp3) is 0.391. The van der Waals surface area contributed by atoms with E-state index < -0.39 is 0 Å². The summed E-state index contributed by atoms with van der Waals surface area (Å²) < 4.78 is 7.53. The molecule has 152 valence electrons. The first-order chi connectivity index (χ1) is 14.0. The Morgan fingerprint density at radius 2 is 2.00 bits per heavy atom. The molecule has 0 N–H and O–H groups in total. The number of likely N-dealkylation sites (tertiary alicyclic amines) is 1. The molecule has 0 spiro atoms. The molecule has 5 nitrogen and oxygen atoms in total. The van der Waals surface area contributed by atoms with Crippen molar-refractivity contribution in [2.45, 2.75) is 44.0 Å². The van der Waals surface area contributed by atoms with E-state index in [1.165, 1.54) is 19.4 Å². The Kier molecular flexibility index (Phi) is 5.92. The van der Waals surface area contributed by atoms with Gasteiger partial charge in [0.05, 0.1) is 23.2 Å². The minimum atomic E-state index is -0.0863. The third kappa shape index (κ3) is 4.33. The zero-order chi connectivity index (χ0) is 20.4. The molecule has 2 heterocycles. The maximum absolute atomic E-state index is 13.0. The van der Waals surface area contributed by atoms with Crippen LogP contribution in [0.25, 0.3) is 16.6 Å². The van der Waals surface area contributed by atoms with Crippen LogP contribution in [0.3, 0.4) is 0 Å². The predicted octanol–water partition coefficient (Wildman–Crippen LogP) is 4.24. The van der Waals surface area contributed by atoms with Crippen molar-refractivity contribution in [2.24, 2.45) is 0 Å². The minimum Gasteiger partial charge on any atom is -0.494 e. The average Bonchev–Trinajstić information content (AvgIpc) is 3.12. The Morgan fingerprint density at radius 3 is 2.72 bits per heavy atom. The number of fused-ring (bicyclic) bond motifs is 1. The van der Waals surface area contributed by atoms with E-state index in [1.54, 1.807) is 10.6 Å². The van der Waals surface area contributed by atoms with E-state index in [-0.39, 0.29) is 5.56 Å². The van der Waals surface area contributed by atoms with Crippen LogP contribution in [-0.2, 0) is 0 Å². The molecule has 0 unspecified atom stereocenters.